The summed E-state index contributed by atoms with van der Waals surface area (Å²) in [5.74, 6) is -3.04. The van der Waals surface area contributed by atoms with E-state index in [0.717, 1.165) is 0 Å². The lowest BCUT2D eigenvalue weighted by atomic mass is 9.82. The molecule has 0 atom stereocenters. The van der Waals surface area contributed by atoms with Crippen molar-refractivity contribution in [2.24, 2.45) is 0 Å². The first-order valence-corrected chi connectivity index (χ1v) is 6.43. The van der Waals surface area contributed by atoms with Gasteiger partial charge in [-0.15, -0.1) is 0 Å². The Kier molecular flexibility index (Phi) is 2.84. The van der Waals surface area contributed by atoms with Crippen molar-refractivity contribution in [3.63, 3.8) is 0 Å². The Bertz CT molecular complexity index is 850. The molecule has 1 aliphatic rings. The first-order valence-electron chi connectivity index (χ1n) is 6.43. The van der Waals surface area contributed by atoms with E-state index in [9.17, 15) is 24.9 Å². The summed E-state index contributed by atoms with van der Waals surface area (Å²) in [7, 11) is 1.26. The third kappa shape index (κ3) is 1.60. The Morgan fingerprint density at radius 3 is 2.14 bits per heavy atom. The number of ether oxygens (including phenoxy) is 1. The molecule has 22 heavy (non-hydrogen) atoms. The fourth-order valence-corrected chi connectivity index (χ4v) is 2.58. The minimum atomic E-state index is -0.737. The maximum Gasteiger partial charge on any atom is 0.202 e. The molecular formula is C16H12O6. The Balaban J connectivity index is 2.39. The van der Waals surface area contributed by atoms with Gasteiger partial charge in [-0.25, -0.2) is 0 Å². The predicted molar refractivity (Wildman–Crippen MR) is 76.0 cm³/mol. The normalized spacial score (nSPS) is 12.8. The number of rotatable bonds is 1. The highest BCUT2D eigenvalue weighted by molar-refractivity contribution is 6.30. The van der Waals surface area contributed by atoms with E-state index in [1.807, 2.05) is 0 Å². The van der Waals surface area contributed by atoms with Gasteiger partial charge in [0.1, 0.15) is 5.75 Å². The molecule has 6 nitrogen and oxygen atoms in total. The summed E-state index contributed by atoms with van der Waals surface area (Å²) < 4.78 is 4.88. The van der Waals surface area contributed by atoms with Crippen molar-refractivity contribution < 1.29 is 29.6 Å². The van der Waals surface area contributed by atoms with Crippen LogP contribution >= 0.6 is 0 Å². The minimum absolute atomic E-state index is 0.0488. The van der Waals surface area contributed by atoms with Gasteiger partial charge in [0.05, 0.1) is 18.2 Å². The van der Waals surface area contributed by atoms with Crippen LogP contribution in [0.25, 0.3) is 0 Å². The zero-order valence-corrected chi connectivity index (χ0v) is 11.8. The zero-order valence-electron chi connectivity index (χ0n) is 11.8. The van der Waals surface area contributed by atoms with E-state index in [2.05, 4.69) is 0 Å². The molecule has 112 valence electrons. The number of ketones is 2. The summed E-state index contributed by atoms with van der Waals surface area (Å²) in [6.07, 6.45) is 0. The highest BCUT2D eigenvalue weighted by Crippen LogP contribution is 2.45. The number of benzene rings is 2. The standard InChI is InChI=1S/C16H12O6/c1-6-3-4-7-10(12(6)17)15(20)11-8(13(7)18)5-9(22-2)14(19)16(11)21/h3-5,17,19,21H,1-2H3. The van der Waals surface area contributed by atoms with Gasteiger partial charge in [-0.05, 0) is 24.6 Å². The van der Waals surface area contributed by atoms with Crippen LogP contribution in [-0.2, 0) is 0 Å². The summed E-state index contributed by atoms with van der Waals surface area (Å²) in [6.45, 7) is 1.59. The summed E-state index contributed by atoms with van der Waals surface area (Å²) in [5, 5.41) is 29.9. The number of fused-ring (bicyclic) bond motifs is 2. The van der Waals surface area contributed by atoms with Gasteiger partial charge in [0.25, 0.3) is 0 Å². The molecule has 0 fully saturated rings. The largest absolute Gasteiger partial charge is 0.507 e. The molecule has 0 saturated heterocycles. The van der Waals surface area contributed by atoms with Crippen LogP contribution in [0.3, 0.4) is 0 Å². The zero-order chi connectivity index (χ0) is 16.2. The van der Waals surface area contributed by atoms with Crippen molar-refractivity contribution in [3.8, 4) is 23.0 Å². The fraction of sp³-hybridized carbons (Fsp3) is 0.125. The average Bonchev–Trinajstić information content (AvgIpc) is 2.50. The maximum atomic E-state index is 12.6. The molecule has 0 amide bonds. The first-order chi connectivity index (χ1) is 10.4. The number of hydrogen-bond donors (Lipinski definition) is 3. The van der Waals surface area contributed by atoms with E-state index < -0.39 is 23.1 Å². The molecule has 2 aromatic rings. The summed E-state index contributed by atoms with van der Waals surface area (Å²) in [4.78, 5) is 25.1. The van der Waals surface area contributed by atoms with E-state index in [-0.39, 0.29) is 33.8 Å². The van der Waals surface area contributed by atoms with Crippen molar-refractivity contribution in [2.75, 3.05) is 7.11 Å². The highest BCUT2D eigenvalue weighted by atomic mass is 16.5. The van der Waals surface area contributed by atoms with Crippen molar-refractivity contribution in [2.45, 2.75) is 6.92 Å². The SMILES string of the molecule is COc1cc2c(c(O)c1O)C(=O)c1c(ccc(C)c1O)C2=O. The number of carbonyl (C=O) groups is 2. The van der Waals surface area contributed by atoms with E-state index in [1.165, 1.54) is 25.3 Å². The third-order valence-corrected chi connectivity index (χ3v) is 3.78. The van der Waals surface area contributed by atoms with Crippen molar-refractivity contribution in [1.29, 1.82) is 0 Å². The minimum Gasteiger partial charge on any atom is -0.507 e. The number of phenolic OH excluding ortho intramolecular Hbond substituents is 3. The van der Waals surface area contributed by atoms with Crippen LogP contribution in [0.1, 0.15) is 37.4 Å². The summed E-state index contributed by atoms with van der Waals surface area (Å²) >= 11 is 0. The third-order valence-electron chi connectivity index (χ3n) is 3.78. The second-order valence-electron chi connectivity index (χ2n) is 5.01. The molecule has 0 heterocycles. The van der Waals surface area contributed by atoms with Crippen molar-refractivity contribution >= 4 is 11.6 Å². The Hall–Kier alpha value is -3.02. The lowest BCUT2D eigenvalue weighted by molar-refractivity contribution is 0.0973. The van der Waals surface area contributed by atoms with E-state index in [4.69, 9.17) is 4.74 Å². The van der Waals surface area contributed by atoms with Crippen molar-refractivity contribution in [3.05, 3.63) is 46.0 Å². The monoisotopic (exact) mass is 300 g/mol. The number of aromatic hydroxyl groups is 3. The molecule has 3 N–H and O–H groups in total. The maximum absolute atomic E-state index is 12.6. The smallest absolute Gasteiger partial charge is 0.202 e. The first kappa shape index (κ1) is 13.9. The fourth-order valence-electron chi connectivity index (χ4n) is 2.58. The van der Waals surface area contributed by atoms with Gasteiger partial charge in [-0.1, -0.05) is 6.07 Å². The predicted octanol–water partition coefficient (Wildman–Crippen LogP) is 1.90. The van der Waals surface area contributed by atoms with Gasteiger partial charge in [0.2, 0.25) is 11.5 Å². The lowest BCUT2D eigenvalue weighted by Crippen LogP contribution is -2.21. The van der Waals surface area contributed by atoms with Crippen LogP contribution < -0.4 is 4.74 Å². The Morgan fingerprint density at radius 1 is 0.864 bits per heavy atom. The Morgan fingerprint density at radius 2 is 1.50 bits per heavy atom. The summed E-state index contributed by atoms with van der Waals surface area (Å²) in [6, 6.07) is 4.18. The van der Waals surface area contributed by atoms with E-state index in [1.54, 1.807) is 6.92 Å². The van der Waals surface area contributed by atoms with Crippen LogP contribution in [0.5, 0.6) is 23.0 Å². The Labute approximate surface area is 125 Å². The molecule has 3 rings (SSSR count). The van der Waals surface area contributed by atoms with Crippen LogP contribution in [-0.4, -0.2) is 34.0 Å². The molecule has 0 saturated carbocycles. The second kappa shape index (κ2) is 4.49. The number of phenols is 3. The number of carbonyl (C=O) groups excluding carboxylic acids is 2. The molecule has 2 aromatic carbocycles. The number of aryl methyl sites for hydroxylation is 1. The molecule has 6 heteroatoms. The highest BCUT2D eigenvalue weighted by Gasteiger charge is 2.36. The van der Waals surface area contributed by atoms with Crippen LogP contribution in [0.2, 0.25) is 0 Å². The molecule has 0 bridgehead atoms. The van der Waals surface area contributed by atoms with Gasteiger partial charge in [-0.3, -0.25) is 9.59 Å². The van der Waals surface area contributed by atoms with Gasteiger partial charge in [0.15, 0.2) is 17.3 Å². The van der Waals surface area contributed by atoms with Gasteiger partial charge < -0.3 is 20.1 Å². The van der Waals surface area contributed by atoms with Crippen LogP contribution in [0.4, 0.5) is 0 Å². The molecule has 0 aromatic heterocycles. The molecule has 1 aliphatic carbocycles. The van der Waals surface area contributed by atoms with Crippen LogP contribution in [0, 0.1) is 6.92 Å². The number of methoxy groups -OCH3 is 1. The quantitative estimate of drug-likeness (QED) is 0.593. The molecular weight excluding hydrogens is 288 g/mol. The van der Waals surface area contributed by atoms with Gasteiger partial charge >= 0.3 is 0 Å². The topological polar surface area (TPSA) is 104 Å². The number of hydrogen-bond acceptors (Lipinski definition) is 6. The van der Waals surface area contributed by atoms with Gasteiger partial charge in [-0.2, -0.15) is 0 Å². The van der Waals surface area contributed by atoms with Gasteiger partial charge in [0, 0.05) is 11.1 Å². The molecule has 0 unspecified atom stereocenters. The molecule has 0 aliphatic heterocycles. The molecule has 0 spiro atoms. The van der Waals surface area contributed by atoms with E-state index in [0.29, 0.717) is 5.56 Å². The molecule has 0 radical (unpaired) electrons. The van der Waals surface area contributed by atoms with Crippen molar-refractivity contribution in [1.82, 2.24) is 0 Å². The van der Waals surface area contributed by atoms with E-state index >= 15 is 0 Å². The lowest BCUT2D eigenvalue weighted by Gasteiger charge is -2.21. The second-order valence-corrected chi connectivity index (χ2v) is 5.01. The van der Waals surface area contributed by atoms with Crippen LogP contribution in [0.15, 0.2) is 18.2 Å². The average molecular weight is 300 g/mol. The summed E-state index contributed by atoms with van der Waals surface area (Å²) in [5.41, 5.74) is -0.102.